The van der Waals surface area contributed by atoms with Gasteiger partial charge in [-0.3, -0.25) is 9.78 Å². The summed E-state index contributed by atoms with van der Waals surface area (Å²) in [5.74, 6) is 0.123. The molecule has 2 aliphatic heterocycles. The monoisotopic (exact) mass is 494 g/mol. The first-order valence-corrected chi connectivity index (χ1v) is 12.1. The van der Waals surface area contributed by atoms with Crippen LogP contribution in [0.4, 0.5) is 15.8 Å². The average molecular weight is 495 g/mol. The largest absolute Gasteiger partial charge is 0.492 e. The van der Waals surface area contributed by atoms with Crippen molar-refractivity contribution in [1.82, 2.24) is 15.3 Å². The normalized spacial score (nSPS) is 22.6. The Kier molecular flexibility index (Phi) is 5.98. The van der Waals surface area contributed by atoms with Crippen molar-refractivity contribution in [3.05, 3.63) is 53.7 Å². The molecule has 188 valence electrons. The minimum absolute atomic E-state index is 0.0665. The summed E-state index contributed by atoms with van der Waals surface area (Å²) in [5, 5.41) is 6.39. The molecule has 4 heterocycles. The molecule has 0 radical (unpaired) electrons. The summed E-state index contributed by atoms with van der Waals surface area (Å²) in [6, 6.07) is 6.57. The van der Waals surface area contributed by atoms with E-state index in [-0.39, 0.29) is 29.7 Å². The maximum atomic E-state index is 14.5. The van der Waals surface area contributed by atoms with Crippen LogP contribution in [0.25, 0.3) is 11.3 Å². The Morgan fingerprint density at radius 2 is 2.17 bits per heavy atom. The number of rotatable bonds is 7. The third-order valence-electron chi connectivity index (χ3n) is 7.01. The Labute approximate surface area is 207 Å². The van der Waals surface area contributed by atoms with Crippen molar-refractivity contribution >= 4 is 17.3 Å². The second-order valence-corrected chi connectivity index (χ2v) is 9.12. The standard InChI is InChI=1S/C26H27FN4O5/c1-33-25-17(27)3-2-4-19(25)29-24-21-22(15-5-6-18(15)30-26(21)32)31-23(24)16-7-8-28-11-20(16)36-13-14-12-34-9-10-35-14/h2-4,7-8,11,14-15,18,29,31H,5-6,9-10,12-13H2,1H3,(H,30,32)/t14-,15-,18+/m0/s1. The Morgan fingerprint density at radius 3 is 2.94 bits per heavy atom. The summed E-state index contributed by atoms with van der Waals surface area (Å²) in [5.41, 5.74) is 3.71. The fraction of sp³-hybridized carbons (Fsp3) is 0.385. The molecule has 2 aromatic heterocycles. The molecule has 3 N–H and O–H groups in total. The van der Waals surface area contributed by atoms with Crippen LogP contribution >= 0.6 is 0 Å². The molecule has 1 saturated carbocycles. The number of methoxy groups -OCH3 is 1. The minimum Gasteiger partial charge on any atom is -0.492 e. The number of ether oxygens (including phenoxy) is 4. The van der Waals surface area contributed by atoms with Gasteiger partial charge in [0.1, 0.15) is 18.5 Å². The van der Waals surface area contributed by atoms with Gasteiger partial charge in [-0.1, -0.05) is 6.07 Å². The molecule has 10 heteroatoms. The van der Waals surface area contributed by atoms with Gasteiger partial charge in [-0.2, -0.15) is 0 Å². The number of aromatic amines is 1. The molecule has 0 spiro atoms. The van der Waals surface area contributed by atoms with Crippen molar-refractivity contribution < 1.29 is 28.1 Å². The minimum atomic E-state index is -0.500. The molecule has 0 bridgehead atoms. The Balaban J connectivity index is 1.43. The van der Waals surface area contributed by atoms with Crippen molar-refractivity contribution in [3.8, 4) is 22.8 Å². The lowest BCUT2D eigenvalue weighted by Crippen LogP contribution is -2.49. The van der Waals surface area contributed by atoms with E-state index in [1.165, 1.54) is 13.2 Å². The first kappa shape index (κ1) is 22.8. The molecule has 2 fully saturated rings. The third-order valence-corrected chi connectivity index (χ3v) is 7.01. The molecule has 1 aliphatic carbocycles. The number of hydrogen-bond donors (Lipinski definition) is 3. The highest BCUT2D eigenvalue weighted by Crippen LogP contribution is 2.48. The fourth-order valence-electron chi connectivity index (χ4n) is 5.09. The number of hydrogen-bond acceptors (Lipinski definition) is 7. The van der Waals surface area contributed by atoms with Gasteiger partial charge < -0.3 is 34.6 Å². The Morgan fingerprint density at radius 1 is 1.25 bits per heavy atom. The SMILES string of the molecule is COc1c(F)cccc1Nc1c(-c2ccncc2OC[C@@H]2COCCO2)[nH]c2c1C(=O)N[C@@H]1CC[C@H]21. The second-order valence-electron chi connectivity index (χ2n) is 9.12. The van der Waals surface area contributed by atoms with Crippen LogP contribution in [0, 0.1) is 5.82 Å². The first-order chi connectivity index (χ1) is 17.6. The van der Waals surface area contributed by atoms with Crippen LogP contribution in [-0.2, 0) is 9.47 Å². The summed E-state index contributed by atoms with van der Waals surface area (Å²) < 4.78 is 37.1. The summed E-state index contributed by atoms with van der Waals surface area (Å²) in [6.45, 7) is 1.86. The van der Waals surface area contributed by atoms with E-state index in [4.69, 9.17) is 18.9 Å². The predicted molar refractivity (Wildman–Crippen MR) is 130 cm³/mol. The number of nitrogens with one attached hydrogen (secondary N) is 3. The van der Waals surface area contributed by atoms with Gasteiger partial charge in [0.25, 0.3) is 5.91 Å². The molecule has 1 saturated heterocycles. The maximum absolute atomic E-state index is 14.5. The zero-order valence-corrected chi connectivity index (χ0v) is 19.8. The van der Waals surface area contributed by atoms with Gasteiger partial charge in [0, 0.05) is 29.4 Å². The maximum Gasteiger partial charge on any atom is 0.255 e. The number of aromatic nitrogens is 2. The van der Waals surface area contributed by atoms with Gasteiger partial charge in [0.05, 0.1) is 55.8 Å². The molecule has 1 amide bonds. The lowest BCUT2D eigenvalue weighted by atomic mass is 9.74. The van der Waals surface area contributed by atoms with E-state index in [1.807, 2.05) is 6.07 Å². The molecular formula is C26H27FN4O5. The highest BCUT2D eigenvalue weighted by molar-refractivity contribution is 6.07. The van der Waals surface area contributed by atoms with Crippen LogP contribution < -0.4 is 20.1 Å². The van der Waals surface area contributed by atoms with Crippen molar-refractivity contribution in [2.75, 3.05) is 38.9 Å². The summed E-state index contributed by atoms with van der Waals surface area (Å²) in [4.78, 5) is 21.0. The van der Waals surface area contributed by atoms with Gasteiger partial charge >= 0.3 is 0 Å². The zero-order chi connectivity index (χ0) is 24.6. The zero-order valence-electron chi connectivity index (χ0n) is 19.8. The van der Waals surface area contributed by atoms with Gasteiger partial charge in [0.15, 0.2) is 11.6 Å². The summed E-state index contributed by atoms with van der Waals surface area (Å²) in [6.07, 6.45) is 5.04. The van der Waals surface area contributed by atoms with Gasteiger partial charge in [0.2, 0.25) is 0 Å². The third kappa shape index (κ3) is 3.96. The molecule has 3 aliphatic rings. The van der Waals surface area contributed by atoms with Crippen molar-refractivity contribution in [2.45, 2.75) is 30.9 Å². The second kappa shape index (κ2) is 9.44. The van der Waals surface area contributed by atoms with E-state index < -0.39 is 5.82 Å². The average Bonchev–Trinajstić information content (AvgIpc) is 3.24. The summed E-state index contributed by atoms with van der Waals surface area (Å²) >= 11 is 0. The number of H-pyrrole nitrogens is 1. The molecule has 9 nitrogen and oxygen atoms in total. The lowest BCUT2D eigenvalue weighted by Gasteiger charge is -2.40. The van der Waals surface area contributed by atoms with Crippen molar-refractivity contribution in [3.63, 3.8) is 0 Å². The number of amides is 1. The number of fused-ring (bicyclic) bond motifs is 3. The van der Waals surface area contributed by atoms with E-state index in [1.54, 1.807) is 24.5 Å². The van der Waals surface area contributed by atoms with E-state index >= 15 is 0 Å². The van der Waals surface area contributed by atoms with Crippen LogP contribution in [0.2, 0.25) is 0 Å². The van der Waals surface area contributed by atoms with Crippen LogP contribution in [-0.4, -0.2) is 61.6 Å². The number of carbonyl (C=O) groups excluding carboxylic acids is 1. The van der Waals surface area contributed by atoms with Crippen LogP contribution in [0.3, 0.4) is 0 Å². The highest BCUT2D eigenvalue weighted by Gasteiger charge is 2.43. The highest BCUT2D eigenvalue weighted by atomic mass is 19.1. The fourth-order valence-corrected chi connectivity index (χ4v) is 5.09. The Hall–Kier alpha value is -3.63. The van der Waals surface area contributed by atoms with Crippen LogP contribution in [0.5, 0.6) is 11.5 Å². The van der Waals surface area contributed by atoms with Crippen molar-refractivity contribution in [1.29, 1.82) is 0 Å². The molecule has 36 heavy (non-hydrogen) atoms. The number of benzene rings is 1. The number of nitrogens with zero attached hydrogens (tertiary/aromatic N) is 1. The van der Waals surface area contributed by atoms with Gasteiger partial charge in [-0.25, -0.2) is 4.39 Å². The van der Waals surface area contributed by atoms with Crippen LogP contribution in [0.15, 0.2) is 36.7 Å². The molecule has 3 atom stereocenters. The summed E-state index contributed by atoms with van der Waals surface area (Å²) in [7, 11) is 1.41. The van der Waals surface area contributed by atoms with E-state index in [0.717, 1.165) is 24.1 Å². The molecule has 6 rings (SSSR count). The van der Waals surface area contributed by atoms with Gasteiger partial charge in [-0.15, -0.1) is 0 Å². The van der Waals surface area contributed by atoms with Crippen LogP contribution in [0.1, 0.15) is 34.8 Å². The number of pyridine rings is 1. The number of halogens is 1. The first-order valence-electron chi connectivity index (χ1n) is 12.1. The van der Waals surface area contributed by atoms with E-state index in [2.05, 4.69) is 20.6 Å². The molecule has 0 unspecified atom stereocenters. The number of anilines is 2. The van der Waals surface area contributed by atoms with Crippen molar-refractivity contribution in [2.24, 2.45) is 0 Å². The van der Waals surface area contributed by atoms with E-state index in [0.29, 0.717) is 54.8 Å². The van der Waals surface area contributed by atoms with E-state index in [9.17, 15) is 9.18 Å². The quantitative estimate of drug-likeness (QED) is 0.459. The Bertz CT molecular complexity index is 1290. The predicted octanol–water partition coefficient (Wildman–Crippen LogP) is 3.75. The molecular weight excluding hydrogens is 467 g/mol. The van der Waals surface area contributed by atoms with Gasteiger partial charge in [-0.05, 0) is 31.0 Å². The molecule has 1 aromatic carbocycles. The smallest absolute Gasteiger partial charge is 0.255 e. The molecule has 3 aromatic rings. The number of carbonyl (C=O) groups is 1. The topological polar surface area (TPSA) is 107 Å². The lowest BCUT2D eigenvalue weighted by molar-refractivity contribution is -0.101. The number of para-hydroxylation sites is 1.